The van der Waals surface area contributed by atoms with Crippen LogP contribution in [0.2, 0.25) is 0 Å². The summed E-state index contributed by atoms with van der Waals surface area (Å²) in [6.07, 6.45) is 9.99. The first-order chi connectivity index (χ1) is 15.0. The van der Waals surface area contributed by atoms with E-state index in [4.69, 9.17) is 0 Å². The van der Waals surface area contributed by atoms with Crippen molar-refractivity contribution in [2.45, 2.75) is 39.4 Å². The Balaban J connectivity index is 1.35. The summed E-state index contributed by atoms with van der Waals surface area (Å²) in [5.41, 5.74) is 5.22. The second kappa shape index (κ2) is 9.27. The summed E-state index contributed by atoms with van der Waals surface area (Å²) in [6.45, 7) is 5.97. The van der Waals surface area contributed by atoms with Crippen LogP contribution in [-0.2, 0) is 17.9 Å². The normalized spacial score (nSPS) is 18.2. The molecule has 2 aliphatic heterocycles. The lowest BCUT2D eigenvalue weighted by Crippen LogP contribution is -2.38. The van der Waals surface area contributed by atoms with Crippen LogP contribution in [0.25, 0.3) is 5.57 Å². The van der Waals surface area contributed by atoms with Crippen LogP contribution in [-0.4, -0.2) is 34.3 Å². The van der Waals surface area contributed by atoms with Crippen LogP contribution in [0.5, 0.6) is 0 Å². The number of allylic oxidation sites excluding steroid dienone is 1. The van der Waals surface area contributed by atoms with E-state index in [9.17, 15) is 9.59 Å². The van der Waals surface area contributed by atoms with E-state index in [2.05, 4.69) is 35.5 Å². The summed E-state index contributed by atoms with van der Waals surface area (Å²) < 4.78 is 0. The number of carbonyl (C=O) groups is 2. The van der Waals surface area contributed by atoms with Gasteiger partial charge in [-0.3, -0.25) is 9.78 Å². The van der Waals surface area contributed by atoms with E-state index >= 15 is 0 Å². The molecule has 0 radical (unpaired) electrons. The molecule has 6 nitrogen and oxygen atoms in total. The third-order valence-electron chi connectivity index (χ3n) is 5.65. The molecule has 0 saturated heterocycles. The fraction of sp³-hybridized carbons (Fsp3) is 0.320. The molecular weight excluding hydrogens is 388 g/mol. The smallest absolute Gasteiger partial charge is 0.316 e. The minimum Gasteiger partial charge on any atom is -0.316 e. The molecule has 2 aromatic rings. The molecule has 0 fully saturated rings. The lowest BCUT2D eigenvalue weighted by molar-refractivity contribution is -0.116. The molecule has 0 saturated carbocycles. The second-order valence-electron chi connectivity index (χ2n) is 8.41. The largest absolute Gasteiger partial charge is 0.322 e. The Hall–Kier alpha value is -3.25. The number of nitrogens with zero attached hydrogens (tertiary/aromatic N) is 2. The molecule has 3 heterocycles. The van der Waals surface area contributed by atoms with Gasteiger partial charge in [0, 0.05) is 37.7 Å². The van der Waals surface area contributed by atoms with Crippen molar-refractivity contribution in [1.29, 1.82) is 0 Å². The zero-order valence-electron chi connectivity index (χ0n) is 18.0. The molecule has 2 amide bonds. The number of benzene rings is 1. The number of nitrogens with one attached hydrogen (secondary N) is 2. The summed E-state index contributed by atoms with van der Waals surface area (Å²) in [5, 5.41) is 6.25. The summed E-state index contributed by atoms with van der Waals surface area (Å²) in [6, 6.07) is 9.48. The fourth-order valence-corrected chi connectivity index (χ4v) is 3.87. The van der Waals surface area contributed by atoms with Crippen molar-refractivity contribution in [1.82, 2.24) is 15.2 Å². The van der Waals surface area contributed by atoms with Crippen LogP contribution in [0.15, 0.2) is 61.0 Å². The molecule has 160 valence electrons. The van der Waals surface area contributed by atoms with E-state index < -0.39 is 0 Å². The number of rotatable bonds is 5. The van der Waals surface area contributed by atoms with Gasteiger partial charge in [-0.25, -0.2) is 4.79 Å². The predicted octanol–water partition coefficient (Wildman–Crippen LogP) is 4.16. The number of carbonyl (C=O) groups excluding carboxylic acids is 2. The molecule has 1 aromatic carbocycles. The molecule has 1 unspecified atom stereocenters. The lowest BCUT2D eigenvalue weighted by atomic mass is 9.93. The highest BCUT2D eigenvalue weighted by molar-refractivity contribution is 5.96. The van der Waals surface area contributed by atoms with Gasteiger partial charge < -0.3 is 15.5 Å². The molecule has 2 N–H and O–H groups in total. The SMILES string of the molecule is CC(C)C=CC(=O)C1CC(c2ccc(NC(=O)N3Cc4ccncc4C3)cc2)=CCN1. The van der Waals surface area contributed by atoms with Crippen LogP contribution in [0, 0.1) is 5.92 Å². The van der Waals surface area contributed by atoms with Crippen molar-refractivity contribution in [3.8, 4) is 0 Å². The summed E-state index contributed by atoms with van der Waals surface area (Å²) >= 11 is 0. The van der Waals surface area contributed by atoms with Crippen molar-refractivity contribution in [2.24, 2.45) is 5.92 Å². The molecule has 4 rings (SSSR count). The quantitative estimate of drug-likeness (QED) is 0.718. The number of pyridine rings is 1. The van der Waals surface area contributed by atoms with Gasteiger partial charge in [0.15, 0.2) is 5.78 Å². The van der Waals surface area contributed by atoms with Crippen LogP contribution in [0.3, 0.4) is 0 Å². The summed E-state index contributed by atoms with van der Waals surface area (Å²) in [5.74, 6) is 0.474. The number of ketones is 1. The van der Waals surface area contributed by atoms with Gasteiger partial charge in [0.25, 0.3) is 0 Å². The number of amides is 2. The zero-order chi connectivity index (χ0) is 21.8. The number of anilines is 1. The third kappa shape index (κ3) is 5.09. The Kier molecular flexibility index (Phi) is 6.28. The number of fused-ring (bicyclic) bond motifs is 1. The molecule has 0 bridgehead atoms. The highest BCUT2D eigenvalue weighted by Gasteiger charge is 2.24. The molecule has 0 aliphatic carbocycles. The maximum atomic E-state index is 12.6. The van der Waals surface area contributed by atoms with Gasteiger partial charge in [0.05, 0.1) is 6.04 Å². The van der Waals surface area contributed by atoms with E-state index in [0.717, 1.165) is 28.0 Å². The molecule has 2 aliphatic rings. The number of urea groups is 1. The molecule has 6 heteroatoms. The van der Waals surface area contributed by atoms with Crippen LogP contribution >= 0.6 is 0 Å². The molecule has 0 spiro atoms. The Morgan fingerprint density at radius 3 is 2.68 bits per heavy atom. The van der Waals surface area contributed by atoms with Crippen LogP contribution in [0.4, 0.5) is 10.5 Å². The number of hydrogen-bond donors (Lipinski definition) is 2. The average molecular weight is 417 g/mol. The van der Waals surface area contributed by atoms with Crippen LogP contribution < -0.4 is 10.6 Å². The molecule has 1 aromatic heterocycles. The minimum absolute atomic E-state index is 0.116. The maximum Gasteiger partial charge on any atom is 0.322 e. The van der Waals surface area contributed by atoms with Crippen LogP contribution in [0.1, 0.15) is 37.0 Å². The summed E-state index contributed by atoms with van der Waals surface area (Å²) in [4.78, 5) is 31.0. The molecular formula is C25H28N4O2. The Bertz CT molecular complexity index is 999. The van der Waals surface area contributed by atoms with E-state index in [1.165, 1.54) is 0 Å². The van der Waals surface area contributed by atoms with Gasteiger partial charge in [-0.15, -0.1) is 0 Å². The first-order valence-corrected chi connectivity index (χ1v) is 10.7. The minimum atomic E-state index is -0.194. The zero-order valence-corrected chi connectivity index (χ0v) is 18.0. The standard InChI is InChI=1S/C25H28N4O2/c1-17(2)3-8-24(30)23-13-19(10-12-27-23)18-4-6-22(7-5-18)28-25(31)29-15-20-9-11-26-14-21(20)16-29/h3-11,14,17,23,27H,12-13,15-16H2,1-2H3,(H,28,31). The van der Waals surface area contributed by atoms with Gasteiger partial charge >= 0.3 is 6.03 Å². The second-order valence-corrected chi connectivity index (χ2v) is 8.41. The van der Waals surface area contributed by atoms with Gasteiger partial charge in [-0.05, 0) is 58.9 Å². The predicted molar refractivity (Wildman–Crippen MR) is 122 cm³/mol. The fourth-order valence-electron chi connectivity index (χ4n) is 3.87. The molecule has 31 heavy (non-hydrogen) atoms. The number of aromatic nitrogens is 1. The van der Waals surface area contributed by atoms with Gasteiger partial charge in [-0.1, -0.05) is 38.1 Å². The van der Waals surface area contributed by atoms with Crippen molar-refractivity contribution in [2.75, 3.05) is 11.9 Å². The first kappa shape index (κ1) is 21.0. The monoisotopic (exact) mass is 416 g/mol. The average Bonchev–Trinajstić information content (AvgIpc) is 3.22. The van der Waals surface area contributed by atoms with E-state index in [1.807, 2.05) is 42.6 Å². The van der Waals surface area contributed by atoms with Crippen molar-refractivity contribution in [3.63, 3.8) is 0 Å². The highest BCUT2D eigenvalue weighted by Crippen LogP contribution is 2.26. The number of hydrogen-bond acceptors (Lipinski definition) is 4. The Labute approximate surface area is 183 Å². The van der Waals surface area contributed by atoms with E-state index in [1.54, 1.807) is 17.2 Å². The Morgan fingerprint density at radius 2 is 1.94 bits per heavy atom. The van der Waals surface area contributed by atoms with E-state index in [-0.39, 0.29) is 17.9 Å². The topological polar surface area (TPSA) is 74.3 Å². The van der Waals surface area contributed by atoms with E-state index in [0.29, 0.717) is 32.0 Å². The first-order valence-electron chi connectivity index (χ1n) is 10.7. The third-order valence-corrected chi connectivity index (χ3v) is 5.65. The Morgan fingerprint density at radius 1 is 1.16 bits per heavy atom. The maximum absolute atomic E-state index is 12.6. The van der Waals surface area contributed by atoms with Gasteiger partial charge in [0.1, 0.15) is 0 Å². The van der Waals surface area contributed by atoms with Crippen molar-refractivity contribution >= 4 is 23.1 Å². The molecule has 1 atom stereocenters. The van der Waals surface area contributed by atoms with Gasteiger partial charge in [-0.2, -0.15) is 0 Å². The van der Waals surface area contributed by atoms with Crippen molar-refractivity contribution < 1.29 is 9.59 Å². The lowest BCUT2D eigenvalue weighted by Gasteiger charge is -2.23. The highest BCUT2D eigenvalue weighted by atomic mass is 16.2. The van der Waals surface area contributed by atoms with Gasteiger partial charge in [0.2, 0.25) is 0 Å². The summed E-state index contributed by atoms with van der Waals surface area (Å²) in [7, 11) is 0. The van der Waals surface area contributed by atoms with Crippen molar-refractivity contribution in [3.05, 3.63) is 77.6 Å².